The van der Waals surface area contributed by atoms with Crippen molar-refractivity contribution in [2.24, 2.45) is 11.8 Å². The minimum absolute atomic E-state index is 0.112. The summed E-state index contributed by atoms with van der Waals surface area (Å²) in [6.07, 6.45) is 0.951. The van der Waals surface area contributed by atoms with Crippen LogP contribution in [0, 0.1) is 17.7 Å². The molecular weight excluding hydrogens is 438 g/mol. The van der Waals surface area contributed by atoms with Gasteiger partial charge in [-0.1, -0.05) is 37.0 Å². The number of nitrogens with one attached hydrogen (secondary N) is 1. The Morgan fingerprint density at radius 3 is 2.34 bits per heavy atom. The van der Waals surface area contributed by atoms with Gasteiger partial charge in [-0.05, 0) is 54.7 Å². The van der Waals surface area contributed by atoms with Crippen LogP contribution in [0.4, 0.5) is 10.1 Å². The van der Waals surface area contributed by atoms with E-state index in [0.717, 1.165) is 18.6 Å². The number of amides is 1. The van der Waals surface area contributed by atoms with E-state index in [1.54, 1.807) is 0 Å². The Hall–Kier alpha value is -1.67. The average molecular weight is 459 g/mol. The van der Waals surface area contributed by atoms with Crippen molar-refractivity contribution in [2.45, 2.75) is 25.2 Å². The van der Waals surface area contributed by atoms with Gasteiger partial charge in [0.15, 0.2) is 0 Å². The molecule has 0 bridgehead atoms. The number of piperidine rings is 1. The Balaban J connectivity index is 1.89. The molecule has 1 N–H and O–H groups in total. The van der Waals surface area contributed by atoms with Crippen LogP contribution in [0.5, 0.6) is 0 Å². The summed E-state index contributed by atoms with van der Waals surface area (Å²) < 4.78 is 41.8. The molecule has 1 saturated heterocycles. The summed E-state index contributed by atoms with van der Waals surface area (Å²) in [7, 11) is -3.84. The lowest BCUT2D eigenvalue weighted by atomic mass is 9.94. The number of sulfonamides is 1. The molecule has 2 unspecified atom stereocenters. The molecule has 2 atom stereocenters. The van der Waals surface area contributed by atoms with Crippen LogP contribution >= 0.6 is 23.2 Å². The predicted molar refractivity (Wildman–Crippen MR) is 113 cm³/mol. The molecule has 5 nitrogen and oxygen atoms in total. The molecule has 2 aromatic carbocycles. The summed E-state index contributed by atoms with van der Waals surface area (Å²) >= 11 is 11.8. The molecule has 0 spiro atoms. The van der Waals surface area contributed by atoms with E-state index in [1.807, 2.05) is 13.8 Å². The van der Waals surface area contributed by atoms with E-state index in [4.69, 9.17) is 23.2 Å². The average Bonchev–Trinajstić information content (AvgIpc) is 2.64. The van der Waals surface area contributed by atoms with Gasteiger partial charge in [-0.25, -0.2) is 12.8 Å². The van der Waals surface area contributed by atoms with Crippen molar-refractivity contribution in [1.29, 1.82) is 0 Å². The van der Waals surface area contributed by atoms with Gasteiger partial charge in [0, 0.05) is 18.8 Å². The minimum Gasteiger partial charge on any atom is -0.322 e. The van der Waals surface area contributed by atoms with E-state index >= 15 is 0 Å². The number of nitrogens with zero attached hydrogens (tertiary/aromatic N) is 1. The van der Waals surface area contributed by atoms with Crippen LogP contribution in [0.25, 0.3) is 0 Å². The first kappa shape index (κ1) is 22.0. The largest absolute Gasteiger partial charge is 0.322 e. The number of carbonyl (C=O) groups excluding carboxylic acids is 1. The molecule has 1 amide bonds. The van der Waals surface area contributed by atoms with Crippen molar-refractivity contribution in [1.82, 2.24) is 4.31 Å². The summed E-state index contributed by atoms with van der Waals surface area (Å²) in [4.78, 5) is 12.4. The van der Waals surface area contributed by atoms with E-state index in [2.05, 4.69) is 5.32 Å². The lowest BCUT2D eigenvalue weighted by Gasteiger charge is -2.34. The summed E-state index contributed by atoms with van der Waals surface area (Å²) in [5.41, 5.74) is -0.0500. The first-order valence-electron chi connectivity index (χ1n) is 9.14. The number of carbonyl (C=O) groups is 1. The molecule has 2 aromatic rings. The molecule has 0 radical (unpaired) electrons. The Morgan fingerprint density at radius 1 is 1.07 bits per heavy atom. The Labute approximate surface area is 179 Å². The van der Waals surface area contributed by atoms with Gasteiger partial charge < -0.3 is 5.32 Å². The van der Waals surface area contributed by atoms with Crippen LogP contribution in [-0.2, 0) is 10.0 Å². The third kappa shape index (κ3) is 4.91. The maximum atomic E-state index is 14.3. The second-order valence-electron chi connectivity index (χ2n) is 7.49. The second kappa shape index (κ2) is 8.60. The monoisotopic (exact) mass is 458 g/mol. The summed E-state index contributed by atoms with van der Waals surface area (Å²) in [6.45, 7) is 4.79. The molecule has 29 heavy (non-hydrogen) atoms. The van der Waals surface area contributed by atoms with E-state index in [-0.39, 0.29) is 27.3 Å². The number of benzene rings is 2. The predicted octanol–water partition coefficient (Wildman–Crippen LogP) is 5.05. The first-order valence-corrected chi connectivity index (χ1v) is 11.3. The van der Waals surface area contributed by atoms with Gasteiger partial charge >= 0.3 is 0 Å². The molecule has 1 aliphatic rings. The first-order chi connectivity index (χ1) is 13.6. The van der Waals surface area contributed by atoms with Crippen LogP contribution in [-0.4, -0.2) is 31.7 Å². The normalized spacial score (nSPS) is 20.4. The SMILES string of the molecule is CC1CC(C)CN(S(=O)(=O)c2ccc(F)c(C(=O)Nc3ccc(Cl)c(Cl)c3)c2)C1. The second-order valence-corrected chi connectivity index (χ2v) is 10.2. The van der Waals surface area contributed by atoms with Crippen LogP contribution in [0.15, 0.2) is 41.3 Å². The van der Waals surface area contributed by atoms with Crippen molar-refractivity contribution in [3.8, 4) is 0 Å². The Kier molecular flexibility index (Phi) is 6.53. The Bertz CT molecular complexity index is 1040. The quantitative estimate of drug-likeness (QED) is 0.696. The maximum Gasteiger partial charge on any atom is 0.258 e. The fraction of sp³-hybridized carbons (Fsp3) is 0.350. The molecule has 1 fully saturated rings. The zero-order valence-electron chi connectivity index (χ0n) is 16.0. The van der Waals surface area contributed by atoms with E-state index < -0.39 is 21.7 Å². The van der Waals surface area contributed by atoms with Gasteiger partial charge in [0.1, 0.15) is 5.82 Å². The van der Waals surface area contributed by atoms with Gasteiger partial charge in [-0.15, -0.1) is 0 Å². The van der Waals surface area contributed by atoms with E-state index in [0.29, 0.717) is 23.8 Å². The van der Waals surface area contributed by atoms with Gasteiger partial charge in [0.2, 0.25) is 10.0 Å². The summed E-state index contributed by atoms with van der Waals surface area (Å²) in [6, 6.07) is 7.69. The molecule has 9 heteroatoms. The highest BCUT2D eigenvalue weighted by Crippen LogP contribution is 2.28. The molecule has 0 aliphatic carbocycles. The molecule has 0 aromatic heterocycles. The van der Waals surface area contributed by atoms with Crippen LogP contribution in [0.3, 0.4) is 0 Å². The highest BCUT2D eigenvalue weighted by molar-refractivity contribution is 7.89. The third-order valence-corrected chi connectivity index (χ3v) is 7.40. The number of hydrogen-bond donors (Lipinski definition) is 1. The maximum absolute atomic E-state index is 14.3. The van der Waals surface area contributed by atoms with Crippen molar-refractivity contribution >= 4 is 44.8 Å². The van der Waals surface area contributed by atoms with Gasteiger partial charge in [0.05, 0.1) is 20.5 Å². The zero-order valence-corrected chi connectivity index (χ0v) is 18.3. The molecule has 1 heterocycles. The summed E-state index contributed by atoms with van der Waals surface area (Å²) in [5.74, 6) is -1.14. The van der Waals surface area contributed by atoms with Crippen molar-refractivity contribution in [3.63, 3.8) is 0 Å². The van der Waals surface area contributed by atoms with Gasteiger partial charge in [-0.3, -0.25) is 4.79 Å². The third-order valence-electron chi connectivity index (χ3n) is 4.83. The number of hydrogen-bond acceptors (Lipinski definition) is 3. The molecule has 1 aliphatic heterocycles. The fourth-order valence-corrected chi connectivity index (χ4v) is 5.57. The summed E-state index contributed by atoms with van der Waals surface area (Å²) in [5, 5.41) is 3.05. The molecule has 3 rings (SSSR count). The van der Waals surface area contributed by atoms with Crippen LogP contribution in [0.1, 0.15) is 30.6 Å². The van der Waals surface area contributed by atoms with Gasteiger partial charge in [-0.2, -0.15) is 4.31 Å². The molecule has 0 saturated carbocycles. The fourth-order valence-electron chi connectivity index (χ4n) is 3.56. The minimum atomic E-state index is -3.84. The van der Waals surface area contributed by atoms with Crippen LogP contribution in [0.2, 0.25) is 10.0 Å². The lowest BCUT2D eigenvalue weighted by Crippen LogP contribution is -2.42. The molecular formula is C20H21Cl2FN2O3S. The van der Waals surface area contributed by atoms with E-state index in [9.17, 15) is 17.6 Å². The highest BCUT2D eigenvalue weighted by atomic mass is 35.5. The number of halogens is 3. The van der Waals surface area contributed by atoms with Crippen molar-refractivity contribution in [2.75, 3.05) is 18.4 Å². The smallest absolute Gasteiger partial charge is 0.258 e. The topological polar surface area (TPSA) is 66.5 Å². The zero-order chi connectivity index (χ0) is 21.3. The van der Waals surface area contributed by atoms with Crippen molar-refractivity contribution in [3.05, 3.63) is 57.8 Å². The number of anilines is 1. The molecule has 156 valence electrons. The van der Waals surface area contributed by atoms with E-state index in [1.165, 1.54) is 28.6 Å². The number of rotatable bonds is 4. The Morgan fingerprint density at radius 2 is 1.72 bits per heavy atom. The van der Waals surface area contributed by atoms with Crippen LogP contribution < -0.4 is 5.32 Å². The highest BCUT2D eigenvalue weighted by Gasteiger charge is 2.32. The standard InChI is InChI=1S/C20H21Cl2FN2O3S/c1-12-7-13(2)11-25(10-12)29(27,28)15-4-6-19(23)16(9-15)20(26)24-14-3-5-17(21)18(22)8-14/h3-6,8-9,12-13H,7,10-11H2,1-2H3,(H,24,26). The van der Waals surface area contributed by atoms with Crippen molar-refractivity contribution < 1.29 is 17.6 Å². The lowest BCUT2D eigenvalue weighted by molar-refractivity contribution is 0.102. The van der Waals surface area contributed by atoms with Gasteiger partial charge in [0.25, 0.3) is 5.91 Å².